The van der Waals surface area contributed by atoms with E-state index in [1.54, 1.807) is 12.1 Å². The van der Waals surface area contributed by atoms with Gasteiger partial charge in [-0.2, -0.15) is 0 Å². The third-order valence-corrected chi connectivity index (χ3v) is 2.84. The number of aryl methyl sites for hydroxylation is 1. The van der Waals surface area contributed by atoms with E-state index in [0.717, 1.165) is 10.9 Å². The minimum Gasteiger partial charge on any atom is -0.351 e. The van der Waals surface area contributed by atoms with E-state index >= 15 is 0 Å². The predicted molar refractivity (Wildman–Crippen MR) is 53.9 cm³/mol. The largest absolute Gasteiger partial charge is 0.351 e. The van der Waals surface area contributed by atoms with Crippen LogP contribution in [0.15, 0.2) is 30.5 Å². The van der Waals surface area contributed by atoms with E-state index in [9.17, 15) is 0 Å². The molecule has 0 aliphatic rings. The van der Waals surface area contributed by atoms with Crippen molar-refractivity contribution in [1.82, 2.24) is 4.57 Å². The Labute approximate surface area is 77.2 Å². The molecule has 0 atom stereocenters. The number of rotatable bonds is 1. The number of benzene rings is 1. The van der Waals surface area contributed by atoms with E-state index in [-0.39, 0.29) is 0 Å². The molecule has 0 aliphatic heterocycles. The highest BCUT2D eigenvalue weighted by Gasteiger charge is 2.05. The quantitative estimate of drug-likeness (QED) is 0.669. The second kappa shape index (κ2) is 3.11. The summed E-state index contributed by atoms with van der Waals surface area (Å²) < 4.78 is 2.00. The van der Waals surface area contributed by atoms with Crippen LogP contribution in [0.25, 0.3) is 10.9 Å². The first-order chi connectivity index (χ1) is 6.18. The lowest BCUT2D eigenvalue weighted by Crippen LogP contribution is -1.98. The molecule has 4 heteroatoms. The number of aromatic nitrogens is 1. The van der Waals surface area contributed by atoms with Crippen molar-refractivity contribution in [2.45, 2.75) is 0 Å². The van der Waals surface area contributed by atoms with E-state index in [1.807, 2.05) is 29.9 Å². The molecule has 68 valence electrons. The zero-order valence-electron chi connectivity index (χ0n) is 7.18. The Balaban J connectivity index is 2.63. The van der Waals surface area contributed by atoms with Gasteiger partial charge in [-0.05, 0) is 24.3 Å². The summed E-state index contributed by atoms with van der Waals surface area (Å²) in [5.41, 5.74) is 1.10. The Hall–Kier alpha value is -0.890. The molecule has 1 aromatic carbocycles. The van der Waals surface area contributed by atoms with Crippen molar-refractivity contribution < 1.29 is 9.79 Å². The monoisotopic (exact) mass is 195 g/mol. The number of hydrogen-bond acceptors (Lipinski definition) is 2. The summed E-state index contributed by atoms with van der Waals surface area (Å²) in [6, 6.07) is 7.40. The van der Waals surface area contributed by atoms with Gasteiger partial charge in [0.25, 0.3) is 0 Å². The van der Waals surface area contributed by atoms with Crippen LogP contribution >= 0.6 is 8.38 Å². The van der Waals surface area contributed by atoms with Crippen LogP contribution in [-0.4, -0.2) is 14.4 Å². The topological polar surface area (TPSA) is 45.4 Å². The normalized spacial score (nSPS) is 11.4. The highest BCUT2D eigenvalue weighted by Crippen LogP contribution is 2.24. The first-order valence-electron chi connectivity index (χ1n) is 3.91. The van der Waals surface area contributed by atoms with Gasteiger partial charge in [-0.25, -0.2) is 0 Å². The van der Waals surface area contributed by atoms with Gasteiger partial charge in [0.2, 0.25) is 0 Å². The zero-order chi connectivity index (χ0) is 9.42. The summed E-state index contributed by atoms with van der Waals surface area (Å²) in [6.07, 6.45) is 1.95. The van der Waals surface area contributed by atoms with Crippen molar-refractivity contribution in [3.8, 4) is 0 Å². The average molecular weight is 195 g/mol. The summed E-state index contributed by atoms with van der Waals surface area (Å²) in [7, 11) is -0.00776. The Kier molecular flexibility index (Phi) is 2.08. The van der Waals surface area contributed by atoms with E-state index in [4.69, 9.17) is 9.79 Å². The lowest BCUT2D eigenvalue weighted by molar-refractivity contribution is 0.497. The highest BCUT2D eigenvalue weighted by atomic mass is 31.2. The summed E-state index contributed by atoms with van der Waals surface area (Å²) in [5, 5.41) is 1.63. The molecule has 0 amide bonds. The highest BCUT2D eigenvalue weighted by molar-refractivity contribution is 7.54. The van der Waals surface area contributed by atoms with Crippen LogP contribution in [-0.2, 0) is 7.05 Å². The molecule has 1 heterocycles. The summed E-state index contributed by atoms with van der Waals surface area (Å²) in [6.45, 7) is 0. The maximum atomic E-state index is 9.00. The molecule has 13 heavy (non-hydrogen) atoms. The Morgan fingerprint density at radius 1 is 1.23 bits per heavy atom. The maximum absolute atomic E-state index is 9.00. The summed E-state index contributed by atoms with van der Waals surface area (Å²) >= 11 is 0. The molecule has 2 aromatic rings. The fourth-order valence-electron chi connectivity index (χ4n) is 1.39. The molecule has 0 saturated carbocycles. The molecule has 0 aliphatic carbocycles. The van der Waals surface area contributed by atoms with Gasteiger partial charge >= 0.3 is 0 Å². The Bertz CT molecular complexity index is 436. The van der Waals surface area contributed by atoms with E-state index in [2.05, 4.69) is 0 Å². The average Bonchev–Trinajstić information content (AvgIpc) is 2.47. The third kappa shape index (κ3) is 1.46. The van der Waals surface area contributed by atoms with Gasteiger partial charge in [0, 0.05) is 29.5 Å². The molecule has 0 fully saturated rings. The van der Waals surface area contributed by atoms with Crippen molar-refractivity contribution in [2.24, 2.45) is 7.05 Å². The molecule has 3 nitrogen and oxygen atoms in total. The van der Waals surface area contributed by atoms with Gasteiger partial charge in [0.05, 0.1) is 0 Å². The standard InChI is InChI=1S/C9H10NO2P/c1-10-5-4-7-6-8(13(11)12)2-3-9(7)10/h2-6,11-12H,1H3. The van der Waals surface area contributed by atoms with Crippen molar-refractivity contribution >= 4 is 24.6 Å². The molecule has 0 radical (unpaired) electrons. The fourth-order valence-corrected chi connectivity index (χ4v) is 1.86. The molecule has 0 bridgehead atoms. The van der Waals surface area contributed by atoms with Crippen LogP contribution in [0.2, 0.25) is 0 Å². The van der Waals surface area contributed by atoms with E-state index < -0.39 is 8.38 Å². The molecular weight excluding hydrogens is 185 g/mol. The van der Waals surface area contributed by atoms with Gasteiger partial charge in [0.15, 0.2) is 8.38 Å². The van der Waals surface area contributed by atoms with Crippen LogP contribution in [0.1, 0.15) is 0 Å². The Morgan fingerprint density at radius 3 is 2.69 bits per heavy atom. The second-order valence-corrected chi connectivity index (χ2v) is 4.05. The van der Waals surface area contributed by atoms with Crippen LogP contribution in [0.3, 0.4) is 0 Å². The van der Waals surface area contributed by atoms with E-state index in [0.29, 0.717) is 5.30 Å². The molecule has 2 N–H and O–H groups in total. The molecule has 0 spiro atoms. The Morgan fingerprint density at radius 2 is 2.00 bits per heavy atom. The summed E-state index contributed by atoms with van der Waals surface area (Å²) in [5.74, 6) is 0. The van der Waals surface area contributed by atoms with Gasteiger partial charge in [0.1, 0.15) is 0 Å². The fraction of sp³-hybridized carbons (Fsp3) is 0.111. The molecule has 0 unspecified atom stereocenters. The molecule has 2 rings (SSSR count). The van der Waals surface area contributed by atoms with Crippen LogP contribution in [0.5, 0.6) is 0 Å². The van der Waals surface area contributed by atoms with Gasteiger partial charge in [-0.3, -0.25) is 0 Å². The smallest absolute Gasteiger partial charge is 0.199 e. The van der Waals surface area contributed by atoms with Crippen LogP contribution < -0.4 is 5.30 Å². The zero-order valence-corrected chi connectivity index (χ0v) is 8.07. The van der Waals surface area contributed by atoms with Crippen LogP contribution in [0.4, 0.5) is 0 Å². The van der Waals surface area contributed by atoms with E-state index in [1.165, 1.54) is 0 Å². The van der Waals surface area contributed by atoms with Gasteiger partial charge < -0.3 is 14.4 Å². The predicted octanol–water partition coefficient (Wildman–Crippen LogP) is 1.10. The first-order valence-corrected chi connectivity index (χ1v) is 5.16. The van der Waals surface area contributed by atoms with Gasteiger partial charge in [-0.15, -0.1) is 0 Å². The molecule has 0 saturated heterocycles. The lowest BCUT2D eigenvalue weighted by Gasteiger charge is -2.02. The third-order valence-electron chi connectivity index (χ3n) is 2.10. The first kappa shape index (κ1) is 8.70. The second-order valence-electron chi connectivity index (χ2n) is 2.96. The number of hydrogen-bond donors (Lipinski definition) is 2. The SMILES string of the molecule is Cn1ccc2cc(P(O)O)ccc21. The number of fused-ring (bicyclic) bond motifs is 1. The maximum Gasteiger partial charge on any atom is 0.199 e. The van der Waals surface area contributed by atoms with Crippen LogP contribution in [0, 0.1) is 0 Å². The van der Waals surface area contributed by atoms with Gasteiger partial charge in [-0.1, -0.05) is 0 Å². The van der Waals surface area contributed by atoms with Crippen molar-refractivity contribution in [2.75, 3.05) is 0 Å². The molecule has 1 aromatic heterocycles. The van der Waals surface area contributed by atoms with Crippen molar-refractivity contribution in [3.63, 3.8) is 0 Å². The molecular formula is C9H10NO2P. The minimum absolute atomic E-state index is 0.591. The van der Waals surface area contributed by atoms with Crippen molar-refractivity contribution in [3.05, 3.63) is 30.5 Å². The van der Waals surface area contributed by atoms with Crippen molar-refractivity contribution in [1.29, 1.82) is 0 Å². The summed E-state index contributed by atoms with van der Waals surface area (Å²) in [4.78, 5) is 18.0. The minimum atomic E-state index is -1.97. The number of nitrogens with zero attached hydrogens (tertiary/aromatic N) is 1. The lowest BCUT2D eigenvalue weighted by atomic mass is 10.2.